The van der Waals surface area contributed by atoms with E-state index in [2.05, 4.69) is 32.6 Å². The second-order valence-corrected chi connectivity index (χ2v) is 12.0. The third-order valence-electron chi connectivity index (χ3n) is 9.01. The number of piperidine rings is 1. The summed E-state index contributed by atoms with van der Waals surface area (Å²) in [6, 6.07) is 17.3. The Labute approximate surface area is 246 Å². The molecule has 1 saturated heterocycles. The number of hydrogen-bond acceptors (Lipinski definition) is 5. The van der Waals surface area contributed by atoms with E-state index in [1.54, 1.807) is 0 Å². The number of carbonyl (C=O) groups excluding carboxylic acids is 2. The molecule has 7 heteroatoms. The summed E-state index contributed by atoms with van der Waals surface area (Å²) in [6.45, 7) is 4.50. The molecule has 222 valence electrons. The largest absolute Gasteiger partial charge is 0.493 e. The molecule has 7 nitrogen and oxygen atoms in total. The molecule has 2 amide bonds. The van der Waals surface area contributed by atoms with E-state index < -0.39 is 0 Å². The highest BCUT2D eigenvalue weighted by atomic mass is 16.5. The Morgan fingerprint density at radius 2 is 1.73 bits per heavy atom. The highest BCUT2D eigenvalue weighted by Crippen LogP contribution is 2.31. The summed E-state index contributed by atoms with van der Waals surface area (Å²) in [5, 5.41) is 6.33. The van der Waals surface area contributed by atoms with Crippen molar-refractivity contribution in [3.63, 3.8) is 0 Å². The summed E-state index contributed by atoms with van der Waals surface area (Å²) in [5.74, 6) is 0.709. The first-order valence-corrected chi connectivity index (χ1v) is 16.0. The van der Waals surface area contributed by atoms with Crippen LogP contribution in [-0.2, 0) is 17.9 Å². The maximum absolute atomic E-state index is 13.7. The van der Waals surface area contributed by atoms with E-state index in [-0.39, 0.29) is 18.4 Å². The Morgan fingerprint density at radius 3 is 2.59 bits per heavy atom. The van der Waals surface area contributed by atoms with Crippen LogP contribution >= 0.6 is 0 Å². The van der Waals surface area contributed by atoms with Gasteiger partial charge >= 0.3 is 0 Å². The fourth-order valence-electron chi connectivity index (χ4n) is 6.88. The van der Waals surface area contributed by atoms with Crippen LogP contribution in [-0.4, -0.2) is 66.5 Å². The molecular formula is C34H48N4O3. The van der Waals surface area contributed by atoms with Crippen LogP contribution in [0.2, 0.25) is 0 Å². The van der Waals surface area contributed by atoms with E-state index in [0.717, 1.165) is 48.6 Å². The quantitative estimate of drug-likeness (QED) is 0.482. The van der Waals surface area contributed by atoms with Crippen LogP contribution in [0.1, 0.15) is 92.1 Å². The lowest BCUT2D eigenvalue weighted by molar-refractivity contribution is -0.122. The zero-order chi connectivity index (χ0) is 28.3. The molecule has 2 aromatic carbocycles. The van der Waals surface area contributed by atoms with Crippen molar-refractivity contribution in [1.82, 2.24) is 20.4 Å². The van der Waals surface area contributed by atoms with E-state index >= 15 is 0 Å². The van der Waals surface area contributed by atoms with E-state index in [0.29, 0.717) is 44.4 Å². The van der Waals surface area contributed by atoms with Crippen molar-refractivity contribution in [3.05, 3.63) is 65.2 Å². The van der Waals surface area contributed by atoms with Gasteiger partial charge in [-0.2, -0.15) is 0 Å². The summed E-state index contributed by atoms with van der Waals surface area (Å²) in [6.07, 6.45) is 13.0. The molecule has 0 aromatic heterocycles. The zero-order valence-corrected chi connectivity index (χ0v) is 24.6. The summed E-state index contributed by atoms with van der Waals surface area (Å²) < 4.78 is 6.27. The van der Waals surface area contributed by atoms with Crippen molar-refractivity contribution in [1.29, 1.82) is 0 Å². The third-order valence-corrected chi connectivity index (χ3v) is 9.01. The number of nitrogens with zero attached hydrogens (tertiary/aromatic N) is 2. The number of benzene rings is 2. The minimum absolute atomic E-state index is 0.0175. The minimum Gasteiger partial charge on any atom is -0.493 e. The Balaban J connectivity index is 1.31. The van der Waals surface area contributed by atoms with Crippen molar-refractivity contribution < 1.29 is 14.3 Å². The van der Waals surface area contributed by atoms with Gasteiger partial charge in [-0.1, -0.05) is 55.7 Å². The Hall–Kier alpha value is -2.90. The first kappa shape index (κ1) is 29.6. The number of amides is 2. The van der Waals surface area contributed by atoms with Gasteiger partial charge in [-0.05, 0) is 75.6 Å². The Morgan fingerprint density at radius 1 is 0.902 bits per heavy atom. The highest BCUT2D eigenvalue weighted by Gasteiger charge is 2.30. The van der Waals surface area contributed by atoms with Gasteiger partial charge in [0.05, 0.1) is 13.2 Å². The van der Waals surface area contributed by atoms with Crippen LogP contribution in [0.15, 0.2) is 48.5 Å². The smallest absolute Gasteiger partial charge is 0.251 e. The number of likely N-dealkylation sites (tertiary alicyclic amines) is 1. The van der Waals surface area contributed by atoms with Crippen LogP contribution in [0.5, 0.6) is 5.75 Å². The average molecular weight is 561 g/mol. The molecule has 3 aliphatic rings. The summed E-state index contributed by atoms with van der Waals surface area (Å²) in [5.41, 5.74) is 2.64. The topological polar surface area (TPSA) is 73.9 Å². The van der Waals surface area contributed by atoms with Crippen LogP contribution in [0.4, 0.5) is 0 Å². The summed E-state index contributed by atoms with van der Waals surface area (Å²) in [7, 11) is 0. The first-order chi connectivity index (χ1) is 20.2. The zero-order valence-electron chi connectivity index (χ0n) is 24.6. The lowest BCUT2D eigenvalue weighted by Gasteiger charge is -2.40. The average Bonchev–Trinajstić information content (AvgIpc) is 3.53. The maximum Gasteiger partial charge on any atom is 0.251 e. The van der Waals surface area contributed by atoms with Gasteiger partial charge < -0.3 is 15.4 Å². The molecule has 1 atom stereocenters. The molecular weight excluding hydrogens is 512 g/mol. The molecule has 2 fully saturated rings. The second kappa shape index (κ2) is 15.4. The SMILES string of the molecule is O=C1CN(Cc2ccccc2)Cc2c(cccc2C(=O)NCCC2CCCCN2C2CCCC2)OCCCCCN1. The number of nitrogens with one attached hydrogen (secondary N) is 2. The van der Waals surface area contributed by atoms with E-state index in [4.69, 9.17) is 4.74 Å². The van der Waals surface area contributed by atoms with Gasteiger partial charge in [0.1, 0.15) is 5.75 Å². The molecule has 1 saturated carbocycles. The van der Waals surface area contributed by atoms with Gasteiger partial charge in [0, 0.05) is 49.4 Å². The van der Waals surface area contributed by atoms with Crippen molar-refractivity contribution in [2.45, 2.75) is 95.8 Å². The lowest BCUT2D eigenvalue weighted by Crippen LogP contribution is -2.46. The van der Waals surface area contributed by atoms with Gasteiger partial charge in [0.15, 0.2) is 0 Å². The van der Waals surface area contributed by atoms with E-state index in [9.17, 15) is 9.59 Å². The second-order valence-electron chi connectivity index (χ2n) is 12.0. The Kier molecular flexibility index (Phi) is 11.1. The molecule has 1 unspecified atom stereocenters. The standard InChI is InChI=1S/C34H48N4O3/c39-33-26-37(24-27-12-3-1-4-13-27)25-31-30(17-11-18-32(31)41-23-10-2-8-20-35-33)34(40)36-21-19-29-16-7-9-22-38(29)28-14-5-6-15-28/h1,3-4,11-13,17-18,28-29H,2,5-10,14-16,19-26H2,(H,35,39)(H,36,40). The number of fused-ring (bicyclic) bond motifs is 1. The molecule has 0 spiro atoms. The molecule has 2 aromatic rings. The molecule has 0 radical (unpaired) electrons. The van der Waals surface area contributed by atoms with Gasteiger partial charge in [0.2, 0.25) is 5.91 Å². The van der Waals surface area contributed by atoms with Crippen LogP contribution in [0.25, 0.3) is 0 Å². The Bertz CT molecular complexity index is 1120. The molecule has 1 aliphatic carbocycles. The normalized spacial score (nSPS) is 22.0. The molecule has 5 rings (SSSR count). The van der Waals surface area contributed by atoms with Crippen molar-refractivity contribution >= 4 is 11.8 Å². The van der Waals surface area contributed by atoms with Crippen LogP contribution in [0.3, 0.4) is 0 Å². The fraction of sp³-hybridized carbons (Fsp3) is 0.588. The molecule has 2 heterocycles. The molecule has 0 bridgehead atoms. The van der Waals surface area contributed by atoms with Gasteiger partial charge in [0.25, 0.3) is 5.91 Å². The maximum atomic E-state index is 13.7. The number of hydrogen-bond donors (Lipinski definition) is 2. The predicted octanol–water partition coefficient (Wildman–Crippen LogP) is 5.28. The van der Waals surface area contributed by atoms with Crippen LogP contribution in [0, 0.1) is 0 Å². The van der Waals surface area contributed by atoms with Crippen molar-refractivity contribution in [2.24, 2.45) is 0 Å². The van der Waals surface area contributed by atoms with Crippen LogP contribution < -0.4 is 15.4 Å². The minimum atomic E-state index is -0.0536. The third kappa shape index (κ3) is 8.55. The number of ether oxygens (including phenoxy) is 1. The van der Waals surface area contributed by atoms with Crippen molar-refractivity contribution in [2.75, 3.05) is 32.8 Å². The number of carbonyl (C=O) groups is 2. The van der Waals surface area contributed by atoms with Gasteiger partial charge in [-0.15, -0.1) is 0 Å². The monoisotopic (exact) mass is 560 g/mol. The lowest BCUT2D eigenvalue weighted by atomic mass is 9.96. The number of rotatable bonds is 7. The molecule has 2 aliphatic heterocycles. The van der Waals surface area contributed by atoms with E-state index in [1.165, 1.54) is 51.5 Å². The van der Waals surface area contributed by atoms with Gasteiger partial charge in [-0.25, -0.2) is 0 Å². The van der Waals surface area contributed by atoms with Crippen molar-refractivity contribution in [3.8, 4) is 5.75 Å². The van der Waals surface area contributed by atoms with E-state index in [1.807, 2.05) is 36.4 Å². The molecule has 41 heavy (non-hydrogen) atoms. The summed E-state index contributed by atoms with van der Waals surface area (Å²) >= 11 is 0. The predicted molar refractivity (Wildman–Crippen MR) is 163 cm³/mol. The van der Waals surface area contributed by atoms with Gasteiger partial charge in [-0.3, -0.25) is 19.4 Å². The fourth-order valence-corrected chi connectivity index (χ4v) is 6.88. The summed E-state index contributed by atoms with van der Waals surface area (Å²) in [4.78, 5) is 31.4. The highest BCUT2D eigenvalue weighted by molar-refractivity contribution is 5.96. The first-order valence-electron chi connectivity index (χ1n) is 16.0. The molecule has 2 N–H and O–H groups in total.